The molecule has 1 heterocycles. The van der Waals surface area contributed by atoms with Crippen molar-refractivity contribution in [2.75, 3.05) is 31.1 Å². The topological polar surface area (TPSA) is 32.8 Å². The number of hydrogen-bond acceptors (Lipinski definition) is 3. The van der Waals surface area contributed by atoms with Gasteiger partial charge in [0.15, 0.2) is 5.82 Å². The number of benzene rings is 1. The van der Waals surface area contributed by atoms with Crippen LogP contribution in [0.2, 0.25) is 0 Å². The minimum absolute atomic E-state index is 0.264. The van der Waals surface area contributed by atoms with Gasteiger partial charge in [-0.15, -0.1) is 0 Å². The third-order valence-corrected chi connectivity index (χ3v) is 4.00. The van der Waals surface area contributed by atoms with Crippen LogP contribution in [0.15, 0.2) is 21.6 Å². The van der Waals surface area contributed by atoms with E-state index in [1.165, 1.54) is 0 Å². The molecule has 7 heteroatoms. The second kappa shape index (κ2) is 7.87. The standard InChI is InChI=1S/C17H21Br2FN2O2/c1-17(2,3)24-16(23)22-9-7-21(8-10-22)13-6-4-5-12(15(13)20)11-14(18)19/h4-6,11H,7-10H2,1-3H3. The number of anilines is 1. The molecule has 1 aliphatic rings. The molecule has 1 aliphatic heterocycles. The minimum atomic E-state index is -0.510. The molecule has 1 saturated heterocycles. The van der Waals surface area contributed by atoms with E-state index in [2.05, 4.69) is 31.9 Å². The van der Waals surface area contributed by atoms with Crippen molar-refractivity contribution in [3.63, 3.8) is 0 Å². The highest BCUT2D eigenvalue weighted by atomic mass is 79.9. The van der Waals surface area contributed by atoms with Gasteiger partial charge in [-0.05, 0) is 64.8 Å². The Hall–Kier alpha value is -1.08. The summed E-state index contributed by atoms with van der Waals surface area (Å²) in [5.74, 6) is -0.264. The molecular formula is C17H21Br2FN2O2. The van der Waals surface area contributed by atoms with Crippen LogP contribution in [0.1, 0.15) is 26.3 Å². The largest absolute Gasteiger partial charge is 0.444 e. The van der Waals surface area contributed by atoms with Gasteiger partial charge in [-0.25, -0.2) is 9.18 Å². The lowest BCUT2D eigenvalue weighted by atomic mass is 10.1. The zero-order valence-corrected chi connectivity index (χ0v) is 17.2. The van der Waals surface area contributed by atoms with Crippen LogP contribution in [0.3, 0.4) is 0 Å². The number of carbonyl (C=O) groups is 1. The molecule has 0 N–H and O–H groups in total. The normalized spacial score (nSPS) is 15.2. The molecular weight excluding hydrogens is 443 g/mol. The van der Waals surface area contributed by atoms with Crippen LogP contribution in [0.5, 0.6) is 0 Å². The van der Waals surface area contributed by atoms with Crippen molar-refractivity contribution in [1.29, 1.82) is 0 Å². The van der Waals surface area contributed by atoms with E-state index < -0.39 is 5.60 Å². The minimum Gasteiger partial charge on any atom is -0.444 e. The van der Waals surface area contributed by atoms with E-state index >= 15 is 0 Å². The lowest BCUT2D eigenvalue weighted by Crippen LogP contribution is -2.50. The molecule has 1 fully saturated rings. The van der Waals surface area contributed by atoms with E-state index in [1.807, 2.05) is 31.7 Å². The van der Waals surface area contributed by atoms with Crippen molar-refractivity contribution in [2.45, 2.75) is 26.4 Å². The Bertz CT molecular complexity index is 632. The molecule has 1 amide bonds. The van der Waals surface area contributed by atoms with Gasteiger partial charge in [-0.3, -0.25) is 0 Å². The maximum atomic E-state index is 14.7. The van der Waals surface area contributed by atoms with E-state index in [0.29, 0.717) is 40.8 Å². The van der Waals surface area contributed by atoms with E-state index in [4.69, 9.17) is 4.74 Å². The van der Waals surface area contributed by atoms with Gasteiger partial charge in [-0.1, -0.05) is 12.1 Å². The maximum Gasteiger partial charge on any atom is 0.410 e. The van der Waals surface area contributed by atoms with Crippen molar-refractivity contribution in [1.82, 2.24) is 4.90 Å². The Labute approximate surface area is 158 Å². The van der Waals surface area contributed by atoms with Crippen LogP contribution < -0.4 is 4.90 Å². The molecule has 0 radical (unpaired) electrons. The molecule has 1 aromatic rings. The number of nitrogens with zero attached hydrogens (tertiary/aromatic N) is 2. The molecule has 24 heavy (non-hydrogen) atoms. The van der Waals surface area contributed by atoms with Gasteiger partial charge in [-0.2, -0.15) is 0 Å². The molecule has 132 valence electrons. The van der Waals surface area contributed by atoms with Crippen LogP contribution in [0.25, 0.3) is 6.08 Å². The van der Waals surface area contributed by atoms with Crippen molar-refractivity contribution in [2.24, 2.45) is 0 Å². The van der Waals surface area contributed by atoms with Crippen LogP contribution >= 0.6 is 31.9 Å². The van der Waals surface area contributed by atoms with Gasteiger partial charge in [0.1, 0.15) is 5.60 Å². The van der Waals surface area contributed by atoms with Gasteiger partial charge < -0.3 is 14.5 Å². The zero-order chi connectivity index (χ0) is 17.9. The molecule has 0 unspecified atom stereocenters. The highest BCUT2D eigenvalue weighted by Gasteiger charge is 2.27. The van der Waals surface area contributed by atoms with Gasteiger partial charge in [0, 0.05) is 31.7 Å². The first-order chi connectivity index (χ1) is 11.2. The molecule has 0 aromatic heterocycles. The second-order valence-electron chi connectivity index (χ2n) is 6.57. The average molecular weight is 464 g/mol. The fourth-order valence-electron chi connectivity index (χ4n) is 2.47. The van der Waals surface area contributed by atoms with Crippen molar-refractivity contribution >= 4 is 49.7 Å². The maximum absolute atomic E-state index is 14.7. The summed E-state index contributed by atoms with van der Waals surface area (Å²) in [7, 11) is 0. The van der Waals surface area contributed by atoms with E-state index in [0.717, 1.165) is 0 Å². The highest BCUT2D eigenvalue weighted by molar-refractivity contribution is 9.28. The predicted molar refractivity (Wildman–Crippen MR) is 102 cm³/mol. The van der Waals surface area contributed by atoms with E-state index in [-0.39, 0.29) is 11.9 Å². The summed E-state index contributed by atoms with van der Waals surface area (Å²) in [6.07, 6.45) is 1.36. The van der Waals surface area contributed by atoms with E-state index in [1.54, 1.807) is 23.1 Å². The summed E-state index contributed by atoms with van der Waals surface area (Å²) in [6.45, 7) is 7.69. The Morgan fingerprint density at radius 1 is 1.21 bits per heavy atom. The van der Waals surface area contributed by atoms with E-state index in [9.17, 15) is 9.18 Å². The van der Waals surface area contributed by atoms with Crippen molar-refractivity contribution < 1.29 is 13.9 Å². The fourth-order valence-corrected chi connectivity index (χ4v) is 2.96. The number of rotatable bonds is 2. The summed E-state index contributed by atoms with van der Waals surface area (Å²) in [5, 5.41) is 0. The molecule has 0 bridgehead atoms. The number of ether oxygens (including phenoxy) is 1. The molecule has 0 aliphatic carbocycles. The monoisotopic (exact) mass is 462 g/mol. The average Bonchev–Trinajstić information content (AvgIpc) is 2.47. The fraction of sp³-hybridized carbons (Fsp3) is 0.471. The first kappa shape index (κ1) is 19.2. The first-order valence-corrected chi connectivity index (χ1v) is 9.30. The van der Waals surface area contributed by atoms with Crippen LogP contribution in [0.4, 0.5) is 14.9 Å². The summed E-state index contributed by atoms with van der Waals surface area (Å²) in [4.78, 5) is 15.7. The SMILES string of the molecule is CC(C)(C)OC(=O)N1CCN(c2cccc(C=C(Br)Br)c2F)CC1. The first-order valence-electron chi connectivity index (χ1n) is 7.71. The third-order valence-electron chi connectivity index (χ3n) is 3.54. The zero-order valence-electron chi connectivity index (χ0n) is 14.0. The second-order valence-corrected chi connectivity index (χ2v) is 9.34. The molecule has 2 rings (SSSR count). The van der Waals surface area contributed by atoms with Crippen LogP contribution in [-0.4, -0.2) is 42.8 Å². The number of hydrogen-bond donors (Lipinski definition) is 0. The van der Waals surface area contributed by atoms with Crippen LogP contribution in [0, 0.1) is 5.82 Å². The van der Waals surface area contributed by atoms with Gasteiger partial charge >= 0.3 is 6.09 Å². The van der Waals surface area contributed by atoms with Gasteiger partial charge in [0.05, 0.1) is 9.08 Å². The number of halogens is 3. The summed E-state index contributed by atoms with van der Waals surface area (Å²) in [5.41, 5.74) is 0.545. The van der Waals surface area contributed by atoms with Crippen LogP contribution in [-0.2, 0) is 4.74 Å². The summed E-state index contributed by atoms with van der Waals surface area (Å²) < 4.78 is 20.7. The number of piperazine rings is 1. The van der Waals surface area contributed by atoms with Gasteiger partial charge in [0.2, 0.25) is 0 Å². The molecule has 4 nitrogen and oxygen atoms in total. The Morgan fingerprint density at radius 3 is 2.38 bits per heavy atom. The molecule has 0 atom stereocenters. The Kier molecular flexibility index (Phi) is 6.31. The Balaban J connectivity index is 2.05. The molecule has 0 spiro atoms. The lowest BCUT2D eigenvalue weighted by Gasteiger charge is -2.37. The number of amides is 1. The van der Waals surface area contributed by atoms with Crippen molar-refractivity contribution in [3.8, 4) is 0 Å². The number of carbonyl (C=O) groups excluding carboxylic acids is 1. The smallest absolute Gasteiger partial charge is 0.410 e. The third kappa shape index (κ3) is 5.21. The predicted octanol–water partition coefficient (Wildman–Crippen LogP) is 4.97. The molecule has 0 saturated carbocycles. The summed E-state index contributed by atoms with van der Waals surface area (Å²) >= 11 is 6.51. The lowest BCUT2D eigenvalue weighted by molar-refractivity contribution is 0.0240. The Morgan fingerprint density at radius 2 is 1.83 bits per heavy atom. The van der Waals surface area contributed by atoms with Crippen molar-refractivity contribution in [3.05, 3.63) is 33.0 Å². The quantitative estimate of drug-likeness (QED) is 0.620. The highest BCUT2D eigenvalue weighted by Crippen LogP contribution is 2.27. The van der Waals surface area contributed by atoms with Gasteiger partial charge in [0.25, 0.3) is 0 Å². The molecule has 1 aromatic carbocycles. The summed E-state index contributed by atoms with van der Waals surface area (Å²) in [6, 6.07) is 5.31.